The van der Waals surface area contributed by atoms with Gasteiger partial charge in [0.15, 0.2) is 0 Å². The molecule has 0 fully saturated rings. The Morgan fingerprint density at radius 3 is 2.55 bits per heavy atom. The van der Waals surface area contributed by atoms with Crippen LogP contribution in [-0.4, -0.2) is 22.5 Å². The van der Waals surface area contributed by atoms with Crippen LogP contribution in [0.15, 0.2) is 77.6 Å². The summed E-state index contributed by atoms with van der Waals surface area (Å²) in [4.78, 5) is 31.5. The average molecular weight is 437 g/mol. The van der Waals surface area contributed by atoms with E-state index in [-0.39, 0.29) is 11.6 Å². The zero-order valence-corrected chi connectivity index (χ0v) is 17.3. The van der Waals surface area contributed by atoms with Crippen molar-refractivity contribution in [2.75, 3.05) is 17.3 Å². The second-order valence-corrected chi connectivity index (χ2v) is 7.30. The molecule has 0 saturated carbocycles. The number of para-hydroxylation sites is 2. The van der Waals surface area contributed by atoms with Crippen LogP contribution in [0.25, 0.3) is 10.9 Å². The zero-order chi connectivity index (χ0) is 22.0. The number of anilines is 3. The van der Waals surface area contributed by atoms with E-state index in [1.807, 2.05) is 54.4 Å². The molecule has 4 rings (SSSR count). The van der Waals surface area contributed by atoms with Crippen LogP contribution >= 0.6 is 11.6 Å². The van der Waals surface area contributed by atoms with Gasteiger partial charge in [0.25, 0.3) is 0 Å². The molecule has 1 N–H and O–H groups in total. The van der Waals surface area contributed by atoms with Gasteiger partial charge in [-0.2, -0.15) is 4.98 Å². The highest BCUT2D eigenvalue weighted by Crippen LogP contribution is 2.27. The number of benzene rings is 3. The van der Waals surface area contributed by atoms with Crippen LogP contribution in [0.2, 0.25) is 5.02 Å². The highest BCUT2D eigenvalue weighted by molar-refractivity contribution is 6.31. The number of hydrogen-bond donors (Lipinski definition) is 1. The van der Waals surface area contributed by atoms with Gasteiger partial charge in [0.05, 0.1) is 10.5 Å². The Morgan fingerprint density at radius 2 is 1.81 bits per heavy atom. The monoisotopic (exact) mass is 436 g/mol. The molecular weight excluding hydrogens is 419 g/mol. The maximum Gasteiger partial charge on any atom is 0.350 e. The number of nitrogens with zero attached hydrogens (tertiary/aromatic N) is 3. The third kappa shape index (κ3) is 4.27. The number of rotatable bonds is 5. The molecule has 4 aromatic rings. The Kier molecular flexibility index (Phi) is 5.68. The van der Waals surface area contributed by atoms with Crippen molar-refractivity contribution in [3.63, 3.8) is 0 Å². The van der Waals surface area contributed by atoms with E-state index in [1.54, 1.807) is 12.1 Å². The smallest absolute Gasteiger partial charge is 0.329 e. The Balaban J connectivity index is 1.69. The number of carbonyl (C=O) groups excluding carboxylic acids is 1. The Labute approximate surface area is 182 Å². The average Bonchev–Trinajstić information content (AvgIpc) is 2.78. The first-order valence-corrected chi connectivity index (χ1v) is 9.85. The van der Waals surface area contributed by atoms with Gasteiger partial charge in [-0.1, -0.05) is 41.9 Å². The van der Waals surface area contributed by atoms with Crippen molar-refractivity contribution < 1.29 is 9.18 Å². The Hall–Kier alpha value is -3.71. The topological polar surface area (TPSA) is 67.2 Å². The maximum absolute atomic E-state index is 13.3. The van der Waals surface area contributed by atoms with Gasteiger partial charge >= 0.3 is 5.69 Å². The standard InChI is InChI=1S/C23H18ClFN4O2/c1-28(16-7-3-2-4-8-16)22-17-9-5-6-10-20(17)29(23(31)27-22)14-21(30)26-15-11-12-19(25)18(24)13-15/h2-13H,14H2,1H3,(H,26,30). The van der Waals surface area contributed by atoms with Crippen LogP contribution in [0.1, 0.15) is 0 Å². The summed E-state index contributed by atoms with van der Waals surface area (Å²) in [5, 5.41) is 3.25. The maximum atomic E-state index is 13.3. The molecule has 0 aliphatic carbocycles. The lowest BCUT2D eigenvalue weighted by molar-refractivity contribution is -0.116. The summed E-state index contributed by atoms with van der Waals surface area (Å²) in [5.41, 5.74) is 1.24. The molecule has 0 spiro atoms. The summed E-state index contributed by atoms with van der Waals surface area (Å²) in [6.07, 6.45) is 0. The minimum atomic E-state index is -0.579. The summed E-state index contributed by atoms with van der Waals surface area (Å²) < 4.78 is 14.6. The van der Waals surface area contributed by atoms with Gasteiger partial charge in [0, 0.05) is 23.8 Å². The van der Waals surface area contributed by atoms with E-state index in [0.717, 1.165) is 17.1 Å². The number of fused-ring (bicyclic) bond motifs is 1. The molecule has 1 heterocycles. The van der Waals surface area contributed by atoms with Crippen molar-refractivity contribution in [3.8, 4) is 0 Å². The van der Waals surface area contributed by atoms with E-state index < -0.39 is 17.4 Å². The summed E-state index contributed by atoms with van der Waals surface area (Å²) in [5.74, 6) is -0.543. The van der Waals surface area contributed by atoms with E-state index >= 15 is 0 Å². The van der Waals surface area contributed by atoms with Gasteiger partial charge in [0.2, 0.25) is 5.91 Å². The van der Waals surface area contributed by atoms with Crippen molar-refractivity contribution in [1.82, 2.24) is 9.55 Å². The molecule has 0 bridgehead atoms. The SMILES string of the molecule is CN(c1ccccc1)c1nc(=O)n(CC(=O)Nc2ccc(F)c(Cl)c2)c2ccccc12. The van der Waals surface area contributed by atoms with E-state index in [4.69, 9.17) is 11.6 Å². The van der Waals surface area contributed by atoms with E-state index in [9.17, 15) is 14.0 Å². The summed E-state index contributed by atoms with van der Waals surface area (Å²) in [6, 6.07) is 20.7. The Morgan fingerprint density at radius 1 is 1.10 bits per heavy atom. The first-order valence-electron chi connectivity index (χ1n) is 9.47. The fraction of sp³-hybridized carbons (Fsp3) is 0.0870. The lowest BCUT2D eigenvalue weighted by Gasteiger charge is -2.21. The largest absolute Gasteiger partial charge is 0.350 e. The van der Waals surface area contributed by atoms with Gasteiger partial charge in [-0.15, -0.1) is 0 Å². The second-order valence-electron chi connectivity index (χ2n) is 6.89. The molecule has 6 nitrogen and oxygen atoms in total. The predicted octanol–water partition coefficient (Wildman–Crippen LogP) is 4.60. The fourth-order valence-electron chi connectivity index (χ4n) is 3.31. The number of carbonyl (C=O) groups is 1. The van der Waals surface area contributed by atoms with Crippen LogP contribution in [0.5, 0.6) is 0 Å². The third-order valence-electron chi connectivity index (χ3n) is 4.83. The zero-order valence-electron chi connectivity index (χ0n) is 16.5. The number of halogens is 2. The van der Waals surface area contributed by atoms with Crippen LogP contribution in [0.4, 0.5) is 21.6 Å². The molecule has 1 aromatic heterocycles. The van der Waals surface area contributed by atoms with Crippen LogP contribution < -0.4 is 15.9 Å². The van der Waals surface area contributed by atoms with Gasteiger partial charge in [-0.3, -0.25) is 9.36 Å². The lowest BCUT2D eigenvalue weighted by atomic mass is 10.2. The van der Waals surface area contributed by atoms with Gasteiger partial charge in [-0.05, 0) is 42.5 Å². The highest BCUT2D eigenvalue weighted by Gasteiger charge is 2.16. The molecule has 156 valence electrons. The van der Waals surface area contributed by atoms with Crippen LogP contribution in [0.3, 0.4) is 0 Å². The first-order chi connectivity index (χ1) is 14.9. The molecule has 0 saturated heterocycles. The fourth-order valence-corrected chi connectivity index (χ4v) is 3.49. The molecule has 31 heavy (non-hydrogen) atoms. The van der Waals surface area contributed by atoms with Gasteiger partial charge in [0.1, 0.15) is 18.2 Å². The number of aromatic nitrogens is 2. The molecule has 0 radical (unpaired) electrons. The Bertz CT molecular complexity index is 1320. The molecule has 0 aliphatic rings. The number of nitrogens with one attached hydrogen (secondary N) is 1. The second kappa shape index (κ2) is 8.57. The van der Waals surface area contributed by atoms with Crippen molar-refractivity contribution in [1.29, 1.82) is 0 Å². The summed E-state index contributed by atoms with van der Waals surface area (Å²) >= 11 is 5.76. The third-order valence-corrected chi connectivity index (χ3v) is 5.12. The van der Waals surface area contributed by atoms with E-state index in [1.165, 1.54) is 16.7 Å². The molecular formula is C23H18ClFN4O2. The molecule has 1 amide bonds. The van der Waals surface area contributed by atoms with Crippen molar-refractivity contribution in [2.45, 2.75) is 6.54 Å². The van der Waals surface area contributed by atoms with E-state index in [2.05, 4.69) is 10.3 Å². The first kappa shape index (κ1) is 20.6. The van der Waals surface area contributed by atoms with Crippen molar-refractivity contribution >= 4 is 45.6 Å². The summed E-state index contributed by atoms with van der Waals surface area (Å²) in [7, 11) is 1.83. The highest BCUT2D eigenvalue weighted by atomic mass is 35.5. The molecule has 0 unspecified atom stereocenters. The van der Waals surface area contributed by atoms with Crippen molar-refractivity contribution in [2.24, 2.45) is 0 Å². The molecule has 0 atom stereocenters. The summed E-state index contributed by atoms with van der Waals surface area (Å²) in [6.45, 7) is -0.253. The van der Waals surface area contributed by atoms with Gasteiger partial charge in [-0.25, -0.2) is 9.18 Å². The molecule has 3 aromatic carbocycles. The lowest BCUT2D eigenvalue weighted by Crippen LogP contribution is -2.31. The number of hydrogen-bond acceptors (Lipinski definition) is 4. The minimum absolute atomic E-state index is 0.101. The minimum Gasteiger partial charge on any atom is -0.329 e. The molecule has 8 heteroatoms. The quantitative estimate of drug-likeness (QED) is 0.496. The predicted molar refractivity (Wildman–Crippen MR) is 121 cm³/mol. The van der Waals surface area contributed by atoms with E-state index in [0.29, 0.717) is 17.0 Å². The number of amides is 1. The molecule has 0 aliphatic heterocycles. The van der Waals surface area contributed by atoms with Crippen LogP contribution in [-0.2, 0) is 11.3 Å². The van der Waals surface area contributed by atoms with Crippen LogP contribution in [0, 0.1) is 5.82 Å². The normalized spacial score (nSPS) is 10.8. The van der Waals surface area contributed by atoms with Gasteiger partial charge < -0.3 is 10.2 Å². The van der Waals surface area contributed by atoms with Crippen molar-refractivity contribution in [3.05, 3.63) is 94.1 Å².